The summed E-state index contributed by atoms with van der Waals surface area (Å²) in [6.07, 6.45) is 0.999. The van der Waals surface area contributed by atoms with Crippen molar-refractivity contribution in [2.24, 2.45) is 11.1 Å². The van der Waals surface area contributed by atoms with E-state index in [0.29, 0.717) is 13.0 Å². The number of hydrogen-bond donors (Lipinski definition) is 3. The molecule has 2 amide bonds. The molecule has 1 aliphatic heterocycles. The van der Waals surface area contributed by atoms with E-state index in [4.69, 9.17) is 4.79 Å². The van der Waals surface area contributed by atoms with Gasteiger partial charge in [-0.2, -0.15) is 0 Å². The molecule has 36 heavy (non-hydrogen) atoms. The normalized spacial score (nSPS) is 13.9. The Kier molecular flexibility index (Phi) is 19.3. The fraction of sp³-hybridized carbons (Fsp3) is 0.556. The number of nitrogens with two attached hydrogens (primary N) is 1. The number of aryl methyl sites for hydroxylation is 1. The van der Waals surface area contributed by atoms with E-state index in [1.54, 1.807) is 16.2 Å². The molecule has 2 aromatic rings. The summed E-state index contributed by atoms with van der Waals surface area (Å²) >= 11 is 1.70. The Bertz CT molecular complexity index is 859. The predicted octanol–water partition coefficient (Wildman–Crippen LogP) is 4.19. The number of nitrogens with zero attached hydrogens (tertiary/aromatic N) is 2. The third-order valence-electron chi connectivity index (χ3n) is 4.54. The van der Waals surface area contributed by atoms with Crippen LogP contribution in [0.25, 0.3) is 10.4 Å². The van der Waals surface area contributed by atoms with Gasteiger partial charge >= 0.3 is 0 Å². The van der Waals surface area contributed by atoms with Gasteiger partial charge < -0.3 is 25.9 Å². The lowest BCUT2D eigenvalue weighted by molar-refractivity contribution is -0.132. The number of thiazole rings is 1. The molecule has 0 saturated carbocycles. The summed E-state index contributed by atoms with van der Waals surface area (Å²) in [5, 5.41) is 12.4. The van der Waals surface area contributed by atoms with Crippen LogP contribution in [-0.4, -0.2) is 59.8 Å². The molecule has 4 N–H and O–H groups in total. The van der Waals surface area contributed by atoms with E-state index in [2.05, 4.69) is 61.1 Å². The van der Waals surface area contributed by atoms with E-state index in [1.165, 1.54) is 22.9 Å². The third kappa shape index (κ3) is 16.1. The quantitative estimate of drug-likeness (QED) is 0.553. The largest absolute Gasteiger partial charge is 0.391 e. The third-order valence-corrected chi connectivity index (χ3v) is 5.52. The molecule has 1 fully saturated rings. The second kappa shape index (κ2) is 19.6. The van der Waals surface area contributed by atoms with Gasteiger partial charge in [-0.3, -0.25) is 9.59 Å². The molecule has 0 aliphatic carbocycles. The fourth-order valence-corrected chi connectivity index (χ4v) is 3.90. The molecule has 9 heteroatoms. The standard InChI is InChI=1S/C12H14N2S.C10H19NO2.C2H5NO.C2H6.CH2O/c1-9-12(15-8-14-9)11-5-3-10(4-6-11)7-13-2;1-10(2,3)6-9(13)11-5-4-8(12)7-11;1-2(3)4;2*1-2/h3-6,8,13H,7H2,1-2H3;8,12H,4-7H2,1-3H3;1H3,(H2,3,4);1-2H3;1H2. The molecule has 1 unspecified atom stereocenters. The summed E-state index contributed by atoms with van der Waals surface area (Å²) in [6, 6.07) is 8.64. The number of carbonyl (C=O) groups is 3. The minimum atomic E-state index is -0.333. The molecule has 0 spiro atoms. The molecule has 2 heterocycles. The van der Waals surface area contributed by atoms with Crippen molar-refractivity contribution in [3.05, 3.63) is 41.0 Å². The van der Waals surface area contributed by atoms with Crippen molar-refractivity contribution < 1.29 is 19.5 Å². The molecule has 0 bridgehead atoms. The molecule has 8 nitrogen and oxygen atoms in total. The Morgan fingerprint density at radius 1 is 1.22 bits per heavy atom. The van der Waals surface area contributed by atoms with Crippen molar-refractivity contribution in [1.29, 1.82) is 0 Å². The zero-order chi connectivity index (χ0) is 28.3. The molecule has 1 saturated heterocycles. The van der Waals surface area contributed by atoms with Crippen LogP contribution in [0, 0.1) is 12.3 Å². The summed E-state index contributed by atoms with van der Waals surface area (Å²) in [5.74, 6) is -0.163. The average Bonchev–Trinajstić information content (AvgIpc) is 3.45. The van der Waals surface area contributed by atoms with E-state index >= 15 is 0 Å². The Morgan fingerprint density at radius 2 is 1.75 bits per heavy atom. The first kappa shape index (κ1) is 35.5. The molecular weight excluding hydrogens is 476 g/mol. The SMILES string of the molecule is C=O.CC.CC(C)(C)CC(=O)N1CCC(O)C1.CC(N)=O.CNCc1ccc(-c2scnc2C)cc1. The second-order valence-corrected chi connectivity index (χ2v) is 9.98. The number of β-amino-alcohol motifs (C(OH)–C–C–N with tert-alkyl or cyclic N) is 1. The zero-order valence-electron chi connectivity index (χ0n) is 23.3. The number of aromatic nitrogens is 1. The summed E-state index contributed by atoms with van der Waals surface area (Å²) in [5.41, 5.74) is 10.1. The molecule has 0 radical (unpaired) electrons. The number of nitrogens with one attached hydrogen (secondary N) is 1. The van der Waals surface area contributed by atoms with Gasteiger partial charge in [0.15, 0.2) is 0 Å². The van der Waals surface area contributed by atoms with Crippen molar-refractivity contribution >= 4 is 29.9 Å². The Labute approximate surface area is 221 Å². The van der Waals surface area contributed by atoms with Crippen LogP contribution in [-0.2, 0) is 20.9 Å². The van der Waals surface area contributed by atoms with Crippen LogP contribution in [0.5, 0.6) is 0 Å². The second-order valence-electron chi connectivity index (χ2n) is 9.12. The van der Waals surface area contributed by atoms with Crippen LogP contribution < -0.4 is 11.1 Å². The summed E-state index contributed by atoms with van der Waals surface area (Å²) < 4.78 is 0. The van der Waals surface area contributed by atoms with Gasteiger partial charge in [-0.15, -0.1) is 11.3 Å². The maximum atomic E-state index is 11.6. The summed E-state index contributed by atoms with van der Waals surface area (Å²) in [4.78, 5) is 36.1. The van der Waals surface area contributed by atoms with E-state index in [1.807, 2.05) is 40.1 Å². The zero-order valence-corrected chi connectivity index (χ0v) is 24.1. The first-order valence-electron chi connectivity index (χ1n) is 12.1. The predicted molar refractivity (Wildman–Crippen MR) is 150 cm³/mol. The lowest BCUT2D eigenvalue weighted by atomic mass is 9.92. The van der Waals surface area contributed by atoms with E-state index < -0.39 is 0 Å². The minimum Gasteiger partial charge on any atom is -0.391 e. The molecule has 204 valence electrons. The summed E-state index contributed by atoms with van der Waals surface area (Å²) in [6.45, 7) is 17.7. The van der Waals surface area contributed by atoms with Gasteiger partial charge in [0.1, 0.15) is 6.79 Å². The fourth-order valence-electron chi connectivity index (χ4n) is 3.09. The first-order chi connectivity index (χ1) is 16.9. The van der Waals surface area contributed by atoms with E-state index in [0.717, 1.165) is 25.2 Å². The number of amides is 2. The molecule has 1 aromatic heterocycles. The highest BCUT2D eigenvalue weighted by Gasteiger charge is 2.27. The maximum Gasteiger partial charge on any atom is 0.223 e. The average molecular weight is 523 g/mol. The first-order valence-corrected chi connectivity index (χ1v) is 13.0. The topological polar surface area (TPSA) is 126 Å². The lowest BCUT2D eigenvalue weighted by Gasteiger charge is -2.22. The molecule has 1 aliphatic rings. The highest BCUT2D eigenvalue weighted by atomic mass is 32.1. The Morgan fingerprint density at radius 3 is 2.11 bits per heavy atom. The lowest BCUT2D eigenvalue weighted by Crippen LogP contribution is -2.32. The van der Waals surface area contributed by atoms with E-state index in [9.17, 15) is 14.7 Å². The number of benzene rings is 1. The van der Waals surface area contributed by atoms with Crippen LogP contribution in [0.15, 0.2) is 29.8 Å². The number of rotatable bonds is 4. The highest BCUT2D eigenvalue weighted by molar-refractivity contribution is 7.13. The number of aliphatic hydroxyl groups is 1. The van der Waals surface area contributed by atoms with Gasteiger partial charge in [-0.05, 0) is 36.9 Å². The monoisotopic (exact) mass is 522 g/mol. The number of primary amides is 1. The molecule has 1 aromatic carbocycles. The van der Waals surface area contributed by atoms with Crippen molar-refractivity contribution in [3.63, 3.8) is 0 Å². The van der Waals surface area contributed by atoms with Crippen LogP contribution in [0.3, 0.4) is 0 Å². The number of aliphatic hydroxyl groups excluding tert-OH is 1. The number of carbonyl (C=O) groups excluding carboxylic acids is 3. The number of hydrogen-bond acceptors (Lipinski definition) is 7. The van der Waals surface area contributed by atoms with E-state index in [-0.39, 0.29) is 23.3 Å². The van der Waals surface area contributed by atoms with Gasteiger partial charge in [0.25, 0.3) is 0 Å². The Balaban J connectivity index is 0. The van der Waals surface area contributed by atoms with Gasteiger partial charge in [-0.1, -0.05) is 58.9 Å². The van der Waals surface area contributed by atoms with Crippen LogP contribution in [0.2, 0.25) is 0 Å². The molecule has 3 rings (SSSR count). The number of likely N-dealkylation sites (tertiary alicyclic amines) is 1. The van der Waals surface area contributed by atoms with Gasteiger partial charge in [0, 0.05) is 33.0 Å². The van der Waals surface area contributed by atoms with Gasteiger partial charge in [0.05, 0.1) is 22.2 Å². The smallest absolute Gasteiger partial charge is 0.223 e. The molecule has 1 atom stereocenters. The van der Waals surface area contributed by atoms with Gasteiger partial charge in [0.2, 0.25) is 11.8 Å². The minimum absolute atomic E-state index is 0.0463. The van der Waals surface area contributed by atoms with Gasteiger partial charge in [-0.25, -0.2) is 4.98 Å². The highest BCUT2D eigenvalue weighted by Crippen LogP contribution is 2.27. The maximum absolute atomic E-state index is 11.6. The van der Waals surface area contributed by atoms with Crippen LogP contribution >= 0.6 is 11.3 Å². The Hall–Kier alpha value is -2.62. The van der Waals surface area contributed by atoms with Crippen LogP contribution in [0.1, 0.15) is 65.6 Å². The molecular formula is C27H46N4O4S. The van der Waals surface area contributed by atoms with Crippen LogP contribution in [0.4, 0.5) is 0 Å². The van der Waals surface area contributed by atoms with Crippen molar-refractivity contribution in [1.82, 2.24) is 15.2 Å². The van der Waals surface area contributed by atoms with Crippen molar-refractivity contribution in [3.8, 4) is 10.4 Å². The van der Waals surface area contributed by atoms with Crippen molar-refractivity contribution in [2.45, 2.75) is 74.0 Å². The van der Waals surface area contributed by atoms with Crippen molar-refractivity contribution in [2.75, 3.05) is 20.1 Å². The summed E-state index contributed by atoms with van der Waals surface area (Å²) in [7, 11) is 1.96.